The lowest BCUT2D eigenvalue weighted by atomic mass is 10.0. The van der Waals surface area contributed by atoms with Crippen molar-refractivity contribution in [2.45, 2.75) is 57.9 Å². The molecule has 138 valence electrons. The highest BCUT2D eigenvalue weighted by molar-refractivity contribution is 5.79. The fourth-order valence-electron chi connectivity index (χ4n) is 3.96. The first-order chi connectivity index (χ1) is 12.3. The molecule has 2 fully saturated rings. The highest BCUT2D eigenvalue weighted by atomic mass is 15.2. The monoisotopic (exact) mass is 343 g/mol. The molecule has 0 amide bonds. The molecule has 1 aliphatic heterocycles. The number of guanidine groups is 1. The summed E-state index contributed by atoms with van der Waals surface area (Å²) in [6, 6.07) is 4.31. The van der Waals surface area contributed by atoms with E-state index in [2.05, 4.69) is 37.6 Å². The van der Waals surface area contributed by atoms with Crippen molar-refractivity contribution in [1.82, 2.24) is 15.6 Å². The summed E-state index contributed by atoms with van der Waals surface area (Å²) in [4.78, 5) is 11.3. The minimum atomic E-state index is 0.760. The molecule has 0 aromatic carbocycles. The number of nitrogens with zero attached hydrogens (tertiary/aromatic N) is 3. The Kier molecular flexibility index (Phi) is 6.95. The predicted molar refractivity (Wildman–Crippen MR) is 105 cm³/mol. The number of hydrogen-bond donors (Lipinski definition) is 2. The van der Waals surface area contributed by atoms with Crippen molar-refractivity contribution in [1.29, 1.82) is 0 Å². The largest absolute Gasteiger partial charge is 0.357 e. The molecule has 3 rings (SSSR count). The van der Waals surface area contributed by atoms with Gasteiger partial charge in [0, 0.05) is 39.4 Å². The summed E-state index contributed by atoms with van der Waals surface area (Å²) >= 11 is 0. The topological polar surface area (TPSA) is 52.6 Å². The maximum absolute atomic E-state index is 4.61. The molecule has 0 bridgehead atoms. The summed E-state index contributed by atoms with van der Waals surface area (Å²) in [6.07, 6.45) is 12.9. The number of aliphatic imine (C=N–C) groups is 1. The summed E-state index contributed by atoms with van der Waals surface area (Å²) in [5, 5.41) is 6.82. The average Bonchev–Trinajstić information content (AvgIpc) is 3.35. The SMILES string of the molecule is CN=C(NCCCC1CCCC1)NCc1ccc(N2CCCC2)nc1. The Hall–Kier alpha value is -1.78. The van der Waals surface area contributed by atoms with E-state index in [0.717, 1.165) is 43.9 Å². The molecular formula is C20H33N5. The predicted octanol–water partition coefficient (Wildman–Crippen LogP) is 3.32. The number of rotatable bonds is 7. The van der Waals surface area contributed by atoms with Crippen molar-refractivity contribution in [2.24, 2.45) is 10.9 Å². The van der Waals surface area contributed by atoms with Gasteiger partial charge in [0.05, 0.1) is 0 Å². The van der Waals surface area contributed by atoms with Gasteiger partial charge in [-0.05, 0) is 43.2 Å². The highest BCUT2D eigenvalue weighted by Gasteiger charge is 2.14. The first-order valence-corrected chi connectivity index (χ1v) is 9.99. The summed E-state index contributed by atoms with van der Waals surface area (Å²) in [5.41, 5.74) is 1.19. The van der Waals surface area contributed by atoms with Gasteiger partial charge in [-0.3, -0.25) is 4.99 Å². The van der Waals surface area contributed by atoms with Crippen LogP contribution in [0.25, 0.3) is 0 Å². The molecule has 1 aromatic heterocycles. The smallest absolute Gasteiger partial charge is 0.191 e. The van der Waals surface area contributed by atoms with E-state index in [-0.39, 0.29) is 0 Å². The molecule has 1 saturated carbocycles. The van der Waals surface area contributed by atoms with Crippen LogP contribution in [0.3, 0.4) is 0 Å². The van der Waals surface area contributed by atoms with E-state index in [1.807, 2.05) is 13.2 Å². The van der Waals surface area contributed by atoms with Crippen LogP contribution >= 0.6 is 0 Å². The molecule has 5 heteroatoms. The van der Waals surface area contributed by atoms with E-state index in [1.54, 1.807) is 0 Å². The molecule has 0 unspecified atom stereocenters. The molecule has 0 radical (unpaired) electrons. The molecule has 25 heavy (non-hydrogen) atoms. The zero-order valence-corrected chi connectivity index (χ0v) is 15.6. The fraction of sp³-hybridized carbons (Fsp3) is 0.700. The second-order valence-electron chi connectivity index (χ2n) is 7.36. The highest BCUT2D eigenvalue weighted by Crippen LogP contribution is 2.28. The fourth-order valence-corrected chi connectivity index (χ4v) is 3.96. The summed E-state index contributed by atoms with van der Waals surface area (Å²) in [5.74, 6) is 2.96. The van der Waals surface area contributed by atoms with Crippen molar-refractivity contribution in [3.63, 3.8) is 0 Å². The Bertz CT molecular complexity index is 528. The van der Waals surface area contributed by atoms with Crippen LogP contribution in [0, 0.1) is 5.92 Å². The van der Waals surface area contributed by atoms with Crippen LogP contribution in [0.4, 0.5) is 5.82 Å². The minimum absolute atomic E-state index is 0.760. The molecule has 2 heterocycles. The van der Waals surface area contributed by atoms with E-state index in [0.29, 0.717) is 0 Å². The second kappa shape index (κ2) is 9.64. The van der Waals surface area contributed by atoms with Crippen molar-refractivity contribution < 1.29 is 0 Å². The minimum Gasteiger partial charge on any atom is -0.357 e. The van der Waals surface area contributed by atoms with Crippen LogP contribution in [0.2, 0.25) is 0 Å². The van der Waals surface area contributed by atoms with Gasteiger partial charge < -0.3 is 15.5 Å². The van der Waals surface area contributed by atoms with Crippen molar-refractivity contribution in [3.05, 3.63) is 23.9 Å². The lowest BCUT2D eigenvalue weighted by Crippen LogP contribution is -2.37. The van der Waals surface area contributed by atoms with Crippen LogP contribution < -0.4 is 15.5 Å². The Balaban J connectivity index is 1.35. The maximum atomic E-state index is 4.61. The van der Waals surface area contributed by atoms with Crippen LogP contribution in [0.15, 0.2) is 23.3 Å². The second-order valence-corrected chi connectivity index (χ2v) is 7.36. The average molecular weight is 344 g/mol. The van der Waals surface area contributed by atoms with Gasteiger partial charge in [-0.15, -0.1) is 0 Å². The molecule has 5 nitrogen and oxygen atoms in total. The van der Waals surface area contributed by atoms with E-state index in [9.17, 15) is 0 Å². The van der Waals surface area contributed by atoms with Crippen LogP contribution in [-0.2, 0) is 6.54 Å². The Morgan fingerprint density at radius 2 is 1.96 bits per heavy atom. The van der Waals surface area contributed by atoms with Crippen molar-refractivity contribution in [2.75, 3.05) is 31.6 Å². The van der Waals surface area contributed by atoms with Gasteiger partial charge in [-0.1, -0.05) is 31.7 Å². The molecule has 0 atom stereocenters. The van der Waals surface area contributed by atoms with Gasteiger partial charge >= 0.3 is 0 Å². The molecule has 1 saturated heterocycles. The number of pyridine rings is 1. The normalized spacial score (nSPS) is 18.8. The van der Waals surface area contributed by atoms with Gasteiger partial charge in [-0.2, -0.15) is 0 Å². The lowest BCUT2D eigenvalue weighted by molar-refractivity contribution is 0.481. The van der Waals surface area contributed by atoms with E-state index in [4.69, 9.17) is 0 Å². The molecule has 0 spiro atoms. The van der Waals surface area contributed by atoms with E-state index in [1.165, 1.54) is 56.9 Å². The van der Waals surface area contributed by atoms with Crippen LogP contribution in [0.5, 0.6) is 0 Å². The summed E-state index contributed by atoms with van der Waals surface area (Å²) in [6.45, 7) is 4.04. The Labute approximate surface area is 152 Å². The maximum Gasteiger partial charge on any atom is 0.191 e. The first-order valence-electron chi connectivity index (χ1n) is 9.99. The van der Waals surface area contributed by atoms with Gasteiger partial charge in [0.2, 0.25) is 0 Å². The third-order valence-corrected chi connectivity index (χ3v) is 5.48. The molecule has 2 aliphatic rings. The zero-order valence-electron chi connectivity index (χ0n) is 15.6. The van der Waals surface area contributed by atoms with Gasteiger partial charge in [-0.25, -0.2) is 4.98 Å². The first kappa shape index (κ1) is 18.0. The van der Waals surface area contributed by atoms with Gasteiger partial charge in [0.15, 0.2) is 5.96 Å². The number of nitrogens with one attached hydrogen (secondary N) is 2. The third kappa shape index (κ3) is 5.62. The van der Waals surface area contributed by atoms with Crippen molar-refractivity contribution >= 4 is 11.8 Å². The molecule has 1 aliphatic carbocycles. The van der Waals surface area contributed by atoms with E-state index >= 15 is 0 Å². The quantitative estimate of drug-likeness (QED) is 0.453. The third-order valence-electron chi connectivity index (χ3n) is 5.48. The van der Waals surface area contributed by atoms with E-state index < -0.39 is 0 Å². The molecular weight excluding hydrogens is 310 g/mol. The van der Waals surface area contributed by atoms with Gasteiger partial charge in [0.1, 0.15) is 5.82 Å². The number of aromatic nitrogens is 1. The standard InChI is InChI=1S/C20H33N5/c1-21-20(22-12-6-9-17-7-2-3-8-17)24-16-18-10-11-19(23-15-18)25-13-4-5-14-25/h10-11,15,17H,2-9,12-14,16H2,1H3,(H2,21,22,24). The number of hydrogen-bond acceptors (Lipinski definition) is 3. The van der Waals surface area contributed by atoms with Crippen LogP contribution in [0.1, 0.15) is 56.9 Å². The molecule has 1 aromatic rings. The lowest BCUT2D eigenvalue weighted by Gasteiger charge is -2.17. The Morgan fingerprint density at radius 1 is 1.16 bits per heavy atom. The Morgan fingerprint density at radius 3 is 2.64 bits per heavy atom. The summed E-state index contributed by atoms with van der Waals surface area (Å²) < 4.78 is 0. The zero-order chi connectivity index (χ0) is 17.3. The van der Waals surface area contributed by atoms with Crippen LogP contribution in [-0.4, -0.2) is 37.6 Å². The summed E-state index contributed by atoms with van der Waals surface area (Å²) in [7, 11) is 1.83. The molecule has 2 N–H and O–H groups in total. The van der Waals surface area contributed by atoms with Crippen molar-refractivity contribution in [3.8, 4) is 0 Å². The number of anilines is 1. The van der Waals surface area contributed by atoms with Gasteiger partial charge in [0.25, 0.3) is 0 Å².